The highest BCUT2D eigenvalue weighted by atomic mass is 16.3. The maximum atomic E-state index is 12.6. The maximum absolute atomic E-state index is 12.6. The summed E-state index contributed by atoms with van der Waals surface area (Å²) in [6.45, 7) is 1.95. The molecule has 29 heavy (non-hydrogen) atoms. The third kappa shape index (κ3) is 4.12. The van der Waals surface area contributed by atoms with Gasteiger partial charge < -0.3 is 24.6 Å². The minimum atomic E-state index is 0.123. The standard InChI is InChI=1S/C21H26N6O2/c22-7-12-26(23)10-6-20(28)25-9-1-2-18(15-25)27-11-5-16-14-17(3-4-19(16)27)21-24-8-13-29-21/h3-5,7-8,11-14,18H,1-2,6,9-10,15,22-23H2/b12-7-. The molecule has 3 aromatic rings. The van der Waals surface area contributed by atoms with E-state index in [4.69, 9.17) is 16.0 Å². The molecule has 1 atom stereocenters. The Morgan fingerprint density at radius 1 is 1.38 bits per heavy atom. The molecule has 152 valence electrons. The fraction of sp³-hybridized carbons (Fsp3) is 0.333. The van der Waals surface area contributed by atoms with Crippen LogP contribution in [-0.2, 0) is 4.79 Å². The Balaban J connectivity index is 1.46. The third-order valence-electron chi connectivity index (χ3n) is 5.40. The molecular weight excluding hydrogens is 368 g/mol. The van der Waals surface area contributed by atoms with Crippen LogP contribution in [0.15, 0.2) is 59.7 Å². The molecule has 0 spiro atoms. The zero-order chi connectivity index (χ0) is 20.2. The number of rotatable bonds is 6. The minimum Gasteiger partial charge on any atom is -0.445 e. The molecule has 8 nitrogen and oxygen atoms in total. The molecular formula is C21H26N6O2. The molecule has 1 aliphatic heterocycles. The summed E-state index contributed by atoms with van der Waals surface area (Å²) in [7, 11) is 0. The van der Waals surface area contributed by atoms with E-state index in [1.807, 2.05) is 11.0 Å². The summed E-state index contributed by atoms with van der Waals surface area (Å²) in [5.41, 5.74) is 7.43. The van der Waals surface area contributed by atoms with E-state index >= 15 is 0 Å². The molecule has 8 heteroatoms. The van der Waals surface area contributed by atoms with Gasteiger partial charge in [-0.1, -0.05) is 0 Å². The first kappa shape index (κ1) is 19.1. The van der Waals surface area contributed by atoms with E-state index in [9.17, 15) is 4.79 Å². The summed E-state index contributed by atoms with van der Waals surface area (Å²) < 4.78 is 7.68. The summed E-state index contributed by atoms with van der Waals surface area (Å²) in [5.74, 6) is 6.50. The van der Waals surface area contributed by atoms with Crippen LogP contribution in [0.5, 0.6) is 0 Å². The number of piperidine rings is 1. The monoisotopic (exact) mass is 394 g/mol. The van der Waals surface area contributed by atoms with Gasteiger partial charge in [-0.3, -0.25) is 4.79 Å². The first-order chi connectivity index (χ1) is 14.2. The highest BCUT2D eigenvalue weighted by Crippen LogP contribution is 2.29. The molecule has 1 aromatic carbocycles. The molecule has 4 N–H and O–H groups in total. The second kappa shape index (κ2) is 8.40. The molecule has 1 unspecified atom stereocenters. The normalized spacial score (nSPS) is 17.3. The Kier molecular flexibility index (Phi) is 5.53. The topological polar surface area (TPSA) is 107 Å². The number of carbonyl (C=O) groups excluding carboxylic acids is 1. The summed E-state index contributed by atoms with van der Waals surface area (Å²) in [5, 5.41) is 2.57. The van der Waals surface area contributed by atoms with Crippen molar-refractivity contribution >= 4 is 16.8 Å². The van der Waals surface area contributed by atoms with Crippen LogP contribution in [0, 0.1) is 0 Å². The van der Waals surface area contributed by atoms with Crippen LogP contribution in [0.3, 0.4) is 0 Å². The van der Waals surface area contributed by atoms with Crippen molar-refractivity contribution in [1.29, 1.82) is 0 Å². The van der Waals surface area contributed by atoms with Crippen LogP contribution in [0.1, 0.15) is 25.3 Å². The summed E-state index contributed by atoms with van der Waals surface area (Å²) in [6, 6.07) is 8.58. The van der Waals surface area contributed by atoms with Gasteiger partial charge in [-0.15, -0.1) is 0 Å². The molecule has 0 bridgehead atoms. The lowest BCUT2D eigenvalue weighted by molar-refractivity contribution is -0.133. The number of carbonyl (C=O) groups is 1. The molecule has 1 aliphatic rings. The Morgan fingerprint density at radius 2 is 2.28 bits per heavy atom. The summed E-state index contributed by atoms with van der Waals surface area (Å²) >= 11 is 0. The van der Waals surface area contributed by atoms with Crippen molar-refractivity contribution in [1.82, 2.24) is 19.5 Å². The van der Waals surface area contributed by atoms with Gasteiger partial charge >= 0.3 is 0 Å². The van der Waals surface area contributed by atoms with Gasteiger partial charge in [-0.2, -0.15) is 0 Å². The Hall–Kier alpha value is -3.26. The zero-order valence-corrected chi connectivity index (χ0v) is 16.3. The second-order valence-corrected chi connectivity index (χ2v) is 7.30. The molecule has 4 rings (SSSR count). The number of nitrogens with zero attached hydrogens (tertiary/aromatic N) is 4. The molecule has 0 aliphatic carbocycles. The average molecular weight is 394 g/mol. The highest BCUT2D eigenvalue weighted by Gasteiger charge is 2.25. The van der Waals surface area contributed by atoms with E-state index in [1.54, 1.807) is 18.7 Å². The fourth-order valence-corrected chi connectivity index (χ4v) is 3.96. The summed E-state index contributed by atoms with van der Waals surface area (Å²) in [6.07, 6.45) is 10.7. The number of nitrogens with two attached hydrogens (primary N) is 2. The van der Waals surface area contributed by atoms with Gasteiger partial charge in [0, 0.05) is 61.1 Å². The Morgan fingerprint density at radius 3 is 3.07 bits per heavy atom. The predicted octanol–water partition coefficient (Wildman–Crippen LogP) is 2.46. The van der Waals surface area contributed by atoms with Gasteiger partial charge in [0.2, 0.25) is 11.8 Å². The number of aromatic nitrogens is 2. The molecule has 1 saturated heterocycles. The maximum Gasteiger partial charge on any atom is 0.225 e. The van der Waals surface area contributed by atoms with Gasteiger partial charge in [-0.05, 0) is 37.1 Å². The largest absolute Gasteiger partial charge is 0.445 e. The molecule has 0 saturated carbocycles. The van der Waals surface area contributed by atoms with Crippen LogP contribution < -0.4 is 11.6 Å². The highest BCUT2D eigenvalue weighted by molar-refractivity contribution is 5.84. The molecule has 2 aromatic heterocycles. The molecule has 3 heterocycles. The number of fused-ring (bicyclic) bond motifs is 1. The van der Waals surface area contributed by atoms with Crippen LogP contribution in [0.4, 0.5) is 0 Å². The number of hydrazine groups is 1. The van der Waals surface area contributed by atoms with E-state index in [1.165, 1.54) is 11.2 Å². The lowest BCUT2D eigenvalue weighted by atomic mass is 10.0. The van der Waals surface area contributed by atoms with Crippen molar-refractivity contribution in [2.75, 3.05) is 19.6 Å². The van der Waals surface area contributed by atoms with Crippen LogP contribution in [0.2, 0.25) is 0 Å². The van der Waals surface area contributed by atoms with E-state index < -0.39 is 0 Å². The summed E-state index contributed by atoms with van der Waals surface area (Å²) in [4.78, 5) is 18.8. The Bertz CT molecular complexity index is 994. The van der Waals surface area contributed by atoms with Gasteiger partial charge in [0.05, 0.1) is 12.2 Å². The predicted molar refractivity (Wildman–Crippen MR) is 111 cm³/mol. The van der Waals surface area contributed by atoms with Gasteiger partial charge in [0.1, 0.15) is 6.26 Å². The number of likely N-dealkylation sites (tertiary alicyclic amines) is 1. The van der Waals surface area contributed by atoms with E-state index in [-0.39, 0.29) is 11.9 Å². The van der Waals surface area contributed by atoms with E-state index in [2.05, 4.69) is 33.9 Å². The van der Waals surface area contributed by atoms with Crippen molar-refractivity contribution in [3.63, 3.8) is 0 Å². The number of hydrogen-bond donors (Lipinski definition) is 2. The van der Waals surface area contributed by atoms with Crippen molar-refractivity contribution in [2.24, 2.45) is 11.6 Å². The van der Waals surface area contributed by atoms with Crippen molar-refractivity contribution in [3.8, 4) is 11.5 Å². The third-order valence-corrected chi connectivity index (χ3v) is 5.40. The zero-order valence-electron chi connectivity index (χ0n) is 16.3. The molecule has 1 amide bonds. The first-order valence-electron chi connectivity index (χ1n) is 9.83. The number of hydrogen-bond acceptors (Lipinski definition) is 6. The smallest absolute Gasteiger partial charge is 0.225 e. The van der Waals surface area contributed by atoms with Crippen LogP contribution in [0.25, 0.3) is 22.4 Å². The van der Waals surface area contributed by atoms with Gasteiger partial charge in [0.25, 0.3) is 0 Å². The van der Waals surface area contributed by atoms with Crippen molar-refractivity contribution in [2.45, 2.75) is 25.3 Å². The number of benzene rings is 1. The Labute approximate surface area is 169 Å². The van der Waals surface area contributed by atoms with Crippen LogP contribution in [-0.4, -0.2) is 45.0 Å². The minimum absolute atomic E-state index is 0.123. The van der Waals surface area contributed by atoms with E-state index in [0.717, 1.165) is 35.9 Å². The molecule has 1 fully saturated rings. The SMILES string of the molecule is N/C=C\N(N)CCC(=O)N1CCCC(n2ccc3cc(-c4ncco4)ccc32)C1. The van der Waals surface area contributed by atoms with Crippen molar-refractivity contribution < 1.29 is 9.21 Å². The van der Waals surface area contributed by atoms with Gasteiger partial charge in [-0.25, -0.2) is 10.8 Å². The van der Waals surface area contributed by atoms with E-state index in [0.29, 0.717) is 25.4 Å². The quantitative estimate of drug-likeness (QED) is 0.491. The lowest BCUT2D eigenvalue weighted by Crippen LogP contribution is -2.42. The fourth-order valence-electron chi connectivity index (χ4n) is 3.96. The second-order valence-electron chi connectivity index (χ2n) is 7.30. The number of amides is 1. The first-order valence-corrected chi connectivity index (χ1v) is 9.83. The van der Waals surface area contributed by atoms with Crippen LogP contribution >= 0.6 is 0 Å². The van der Waals surface area contributed by atoms with Crippen molar-refractivity contribution in [3.05, 3.63) is 55.3 Å². The molecule has 0 radical (unpaired) electrons. The lowest BCUT2D eigenvalue weighted by Gasteiger charge is -2.34. The average Bonchev–Trinajstić information content (AvgIpc) is 3.42. The number of oxazole rings is 1. The van der Waals surface area contributed by atoms with Gasteiger partial charge in [0.15, 0.2) is 0 Å².